The number of nitrogens with zero attached hydrogens (tertiary/aromatic N) is 3. The Bertz CT molecular complexity index is 954. The summed E-state index contributed by atoms with van der Waals surface area (Å²) in [6.45, 7) is 0. The third-order valence-corrected chi connectivity index (χ3v) is 4.90. The Kier molecular flexibility index (Phi) is 5.63. The molecule has 0 unspecified atom stereocenters. The predicted octanol–water partition coefficient (Wildman–Crippen LogP) is 3.84. The van der Waals surface area contributed by atoms with Crippen molar-refractivity contribution in [1.29, 1.82) is 0 Å². The lowest BCUT2D eigenvalue weighted by Crippen LogP contribution is -2.22. The van der Waals surface area contributed by atoms with Crippen LogP contribution in [0.2, 0.25) is 0 Å². The number of rotatable bonds is 5. The number of carbonyl (C=O) groups is 1. The molecule has 0 atom stereocenters. The molecule has 1 aliphatic heterocycles. The van der Waals surface area contributed by atoms with Crippen molar-refractivity contribution in [3.05, 3.63) is 74.7 Å². The largest absolute Gasteiger partial charge is 0.497 e. The zero-order chi connectivity index (χ0) is 19.4. The van der Waals surface area contributed by atoms with Crippen LogP contribution < -0.4 is 4.74 Å². The first kappa shape index (κ1) is 18.7. The van der Waals surface area contributed by atoms with Gasteiger partial charge in [-0.3, -0.25) is 14.9 Å². The van der Waals surface area contributed by atoms with Crippen molar-refractivity contribution in [2.45, 2.75) is 0 Å². The first-order valence-corrected chi connectivity index (χ1v) is 8.91. The minimum absolute atomic E-state index is 0.0104. The van der Waals surface area contributed by atoms with Gasteiger partial charge in [0.1, 0.15) is 5.75 Å². The van der Waals surface area contributed by atoms with Crippen LogP contribution in [0.5, 0.6) is 5.75 Å². The summed E-state index contributed by atoms with van der Waals surface area (Å²) in [7, 11) is 1.58. The lowest BCUT2D eigenvalue weighted by atomic mass is 10.2. The summed E-state index contributed by atoms with van der Waals surface area (Å²) in [6, 6.07) is 13.1. The lowest BCUT2D eigenvalue weighted by molar-refractivity contribution is -0.384. The molecule has 0 aliphatic carbocycles. The van der Waals surface area contributed by atoms with Gasteiger partial charge in [0, 0.05) is 12.1 Å². The molecule has 0 N–H and O–H groups in total. The Morgan fingerprint density at radius 3 is 2.37 bits per heavy atom. The topological polar surface area (TPSA) is 85.0 Å². The maximum absolute atomic E-state index is 12.5. The zero-order valence-corrected chi connectivity index (χ0v) is 15.7. The molecule has 2 aromatic carbocycles. The second kappa shape index (κ2) is 8.11. The lowest BCUT2D eigenvalue weighted by Gasteiger charge is -2.06. The van der Waals surface area contributed by atoms with Crippen molar-refractivity contribution in [2.75, 3.05) is 7.11 Å². The highest BCUT2D eigenvalue weighted by Gasteiger charge is 2.32. The average molecular weight is 399 g/mol. The number of hydrazone groups is 1. The normalized spacial score (nSPS) is 15.7. The van der Waals surface area contributed by atoms with Gasteiger partial charge in [-0.15, -0.1) is 0 Å². The molecule has 9 heteroatoms. The molecule has 27 heavy (non-hydrogen) atoms. The van der Waals surface area contributed by atoms with Gasteiger partial charge in [0.05, 0.1) is 23.2 Å². The highest BCUT2D eigenvalue weighted by molar-refractivity contribution is 8.26. The van der Waals surface area contributed by atoms with Gasteiger partial charge in [0.2, 0.25) is 0 Å². The van der Waals surface area contributed by atoms with Crippen LogP contribution in [0.25, 0.3) is 6.08 Å². The number of benzene rings is 2. The number of nitro benzene ring substituents is 1. The average Bonchev–Trinajstić information content (AvgIpc) is 2.94. The highest BCUT2D eigenvalue weighted by Crippen LogP contribution is 2.33. The number of methoxy groups -OCH3 is 1. The van der Waals surface area contributed by atoms with E-state index in [2.05, 4.69) is 5.10 Å². The molecule has 7 nitrogen and oxygen atoms in total. The van der Waals surface area contributed by atoms with E-state index in [1.807, 2.05) is 12.1 Å². The van der Waals surface area contributed by atoms with Crippen molar-refractivity contribution < 1.29 is 14.5 Å². The molecular formula is C18H13N3O4S2. The molecule has 136 valence electrons. The fourth-order valence-corrected chi connectivity index (χ4v) is 3.39. The van der Waals surface area contributed by atoms with E-state index in [1.54, 1.807) is 43.7 Å². The molecule has 1 amide bonds. The summed E-state index contributed by atoms with van der Waals surface area (Å²) >= 11 is 6.35. The number of thiocarbonyl (C=S) groups is 1. The van der Waals surface area contributed by atoms with Crippen molar-refractivity contribution in [3.8, 4) is 5.75 Å². The number of amides is 1. The Morgan fingerprint density at radius 2 is 1.78 bits per heavy atom. The van der Waals surface area contributed by atoms with Gasteiger partial charge in [-0.1, -0.05) is 11.8 Å². The maximum Gasteiger partial charge on any atom is 0.286 e. The Hall–Kier alpha value is -3.04. The molecule has 0 bridgehead atoms. The Labute approximate surface area is 164 Å². The quantitative estimate of drug-likeness (QED) is 0.250. The molecule has 0 radical (unpaired) electrons. The van der Waals surface area contributed by atoms with Gasteiger partial charge >= 0.3 is 0 Å². The van der Waals surface area contributed by atoms with Crippen LogP contribution >= 0.6 is 24.0 Å². The molecule has 0 spiro atoms. The van der Waals surface area contributed by atoms with Crippen molar-refractivity contribution in [3.63, 3.8) is 0 Å². The second-order valence-electron chi connectivity index (χ2n) is 5.36. The van der Waals surface area contributed by atoms with E-state index in [1.165, 1.54) is 12.1 Å². The number of carbonyl (C=O) groups excluding carboxylic acids is 1. The van der Waals surface area contributed by atoms with Crippen LogP contribution in [-0.2, 0) is 4.79 Å². The molecule has 1 heterocycles. The van der Waals surface area contributed by atoms with Gasteiger partial charge in [0.15, 0.2) is 4.32 Å². The third kappa shape index (κ3) is 4.39. The van der Waals surface area contributed by atoms with E-state index >= 15 is 0 Å². The smallest absolute Gasteiger partial charge is 0.286 e. The number of non-ortho nitro benzene ring substituents is 1. The van der Waals surface area contributed by atoms with Crippen molar-refractivity contribution >= 4 is 52.2 Å². The van der Waals surface area contributed by atoms with Gasteiger partial charge in [-0.2, -0.15) is 10.1 Å². The van der Waals surface area contributed by atoms with Crippen LogP contribution in [0.15, 0.2) is 58.5 Å². The number of hydrogen-bond donors (Lipinski definition) is 0. The van der Waals surface area contributed by atoms with Crippen molar-refractivity contribution in [2.24, 2.45) is 5.10 Å². The number of thioether (sulfide) groups is 1. The van der Waals surface area contributed by atoms with Crippen LogP contribution in [0.3, 0.4) is 0 Å². The van der Waals surface area contributed by atoms with Crippen LogP contribution in [-0.4, -0.2) is 33.5 Å². The molecule has 1 saturated heterocycles. The predicted molar refractivity (Wildman–Crippen MR) is 109 cm³/mol. The summed E-state index contributed by atoms with van der Waals surface area (Å²) in [4.78, 5) is 23.2. The fourth-order valence-electron chi connectivity index (χ4n) is 2.22. The summed E-state index contributed by atoms with van der Waals surface area (Å²) in [6.07, 6.45) is 3.17. The first-order valence-electron chi connectivity index (χ1n) is 7.68. The Balaban J connectivity index is 1.75. The summed E-state index contributed by atoms with van der Waals surface area (Å²) in [5.41, 5.74) is 1.45. The van der Waals surface area contributed by atoms with Crippen LogP contribution in [0.1, 0.15) is 11.1 Å². The standard InChI is InChI=1S/C18H13N3O4S2/c1-25-15-8-4-13(5-9-15)11-19-20-17(22)16(27-18(20)26)10-12-2-6-14(7-3-12)21(23)24/h2-11H,1H3/b16-10-,19-11+. The summed E-state index contributed by atoms with van der Waals surface area (Å²) < 4.78 is 5.41. The molecule has 1 aliphatic rings. The SMILES string of the molecule is COc1ccc(/C=N/N2C(=O)/C(=C/c3ccc([N+](=O)[O-])cc3)SC2=S)cc1. The molecule has 0 aromatic heterocycles. The maximum atomic E-state index is 12.5. The van der Waals surface area contributed by atoms with E-state index in [9.17, 15) is 14.9 Å². The number of hydrogen-bond acceptors (Lipinski definition) is 7. The van der Waals surface area contributed by atoms with E-state index in [-0.39, 0.29) is 11.6 Å². The fraction of sp³-hybridized carbons (Fsp3) is 0.0556. The first-order chi connectivity index (χ1) is 13.0. The molecule has 3 rings (SSSR count). The summed E-state index contributed by atoms with van der Waals surface area (Å²) in [5, 5.41) is 16.0. The van der Waals surface area contributed by atoms with Gasteiger partial charge in [0.25, 0.3) is 11.6 Å². The minimum Gasteiger partial charge on any atom is -0.497 e. The monoisotopic (exact) mass is 399 g/mol. The summed E-state index contributed by atoms with van der Waals surface area (Å²) in [5.74, 6) is 0.386. The van der Waals surface area contributed by atoms with Crippen LogP contribution in [0, 0.1) is 10.1 Å². The van der Waals surface area contributed by atoms with Gasteiger partial charge in [-0.25, -0.2) is 0 Å². The number of ether oxygens (including phenoxy) is 1. The molecule has 2 aromatic rings. The van der Waals surface area contributed by atoms with Gasteiger partial charge < -0.3 is 4.74 Å². The highest BCUT2D eigenvalue weighted by atomic mass is 32.2. The Morgan fingerprint density at radius 1 is 1.15 bits per heavy atom. The molecular weight excluding hydrogens is 386 g/mol. The van der Waals surface area contributed by atoms with Crippen molar-refractivity contribution in [1.82, 2.24) is 5.01 Å². The van der Waals surface area contributed by atoms with E-state index in [0.717, 1.165) is 28.1 Å². The zero-order valence-electron chi connectivity index (χ0n) is 14.1. The number of nitro groups is 1. The molecule has 0 saturated carbocycles. The van der Waals surface area contributed by atoms with E-state index in [0.29, 0.717) is 14.8 Å². The van der Waals surface area contributed by atoms with Crippen LogP contribution in [0.4, 0.5) is 5.69 Å². The van der Waals surface area contributed by atoms with Gasteiger partial charge in [-0.05, 0) is 65.8 Å². The molecule has 1 fully saturated rings. The van der Waals surface area contributed by atoms with E-state index < -0.39 is 4.92 Å². The second-order valence-corrected chi connectivity index (χ2v) is 7.04. The third-order valence-electron chi connectivity index (χ3n) is 3.61. The minimum atomic E-state index is -0.475. The van der Waals surface area contributed by atoms with E-state index in [4.69, 9.17) is 17.0 Å².